The number of rotatable bonds is 3. The maximum absolute atomic E-state index is 12.3. The topological polar surface area (TPSA) is 49.0 Å². The standard InChI is InChI=1S/C14H17N3O/c1-17(9-10-3-2-4-10)14(18)11-5-6-12-8-15-16-13(12)7-11/h5-8,10H,2-4,9H2,1H3,(H,15,16). The third kappa shape index (κ3) is 1.98. The highest BCUT2D eigenvalue weighted by atomic mass is 16.2. The van der Waals surface area contributed by atoms with Crippen LogP contribution in [0, 0.1) is 5.92 Å². The van der Waals surface area contributed by atoms with E-state index in [9.17, 15) is 4.79 Å². The summed E-state index contributed by atoms with van der Waals surface area (Å²) in [6.45, 7) is 0.875. The number of carbonyl (C=O) groups excluding carboxylic acids is 1. The zero-order valence-corrected chi connectivity index (χ0v) is 10.5. The van der Waals surface area contributed by atoms with Crippen molar-refractivity contribution in [3.05, 3.63) is 30.0 Å². The molecule has 2 aromatic rings. The van der Waals surface area contributed by atoms with Gasteiger partial charge in [-0.15, -0.1) is 0 Å². The Labute approximate surface area is 106 Å². The summed E-state index contributed by atoms with van der Waals surface area (Å²) in [5, 5.41) is 7.90. The van der Waals surface area contributed by atoms with Crippen LogP contribution in [0.4, 0.5) is 0 Å². The molecule has 0 spiro atoms. The fourth-order valence-corrected chi connectivity index (χ4v) is 2.44. The molecule has 4 nitrogen and oxygen atoms in total. The van der Waals surface area contributed by atoms with Crippen molar-refractivity contribution < 1.29 is 4.79 Å². The van der Waals surface area contributed by atoms with Gasteiger partial charge in [-0.3, -0.25) is 9.89 Å². The smallest absolute Gasteiger partial charge is 0.253 e. The molecule has 0 bridgehead atoms. The normalized spacial score (nSPS) is 15.6. The summed E-state index contributed by atoms with van der Waals surface area (Å²) < 4.78 is 0. The summed E-state index contributed by atoms with van der Waals surface area (Å²) in [6.07, 6.45) is 5.60. The van der Waals surface area contributed by atoms with E-state index in [0.29, 0.717) is 5.92 Å². The SMILES string of the molecule is CN(CC1CCC1)C(=O)c1ccc2cn[nH]c2c1. The molecule has 1 amide bonds. The number of H-pyrrole nitrogens is 1. The van der Waals surface area contributed by atoms with Crippen LogP contribution in [0.2, 0.25) is 0 Å². The molecule has 1 fully saturated rings. The first-order valence-corrected chi connectivity index (χ1v) is 6.42. The van der Waals surface area contributed by atoms with Crippen LogP contribution < -0.4 is 0 Å². The van der Waals surface area contributed by atoms with E-state index < -0.39 is 0 Å². The van der Waals surface area contributed by atoms with Gasteiger partial charge in [0, 0.05) is 24.5 Å². The van der Waals surface area contributed by atoms with Gasteiger partial charge in [0.2, 0.25) is 0 Å². The van der Waals surface area contributed by atoms with Crippen molar-refractivity contribution in [3.8, 4) is 0 Å². The number of hydrogen-bond donors (Lipinski definition) is 1. The van der Waals surface area contributed by atoms with E-state index in [1.165, 1.54) is 19.3 Å². The molecule has 94 valence electrons. The summed E-state index contributed by atoms with van der Waals surface area (Å²) in [6, 6.07) is 5.68. The van der Waals surface area contributed by atoms with E-state index in [0.717, 1.165) is 23.0 Å². The minimum atomic E-state index is 0.0957. The molecule has 1 N–H and O–H groups in total. The van der Waals surface area contributed by atoms with E-state index in [1.807, 2.05) is 30.1 Å². The molecule has 0 unspecified atom stereocenters. The number of nitrogens with zero attached hydrogens (tertiary/aromatic N) is 2. The molecule has 0 atom stereocenters. The number of nitrogens with one attached hydrogen (secondary N) is 1. The fourth-order valence-electron chi connectivity index (χ4n) is 2.44. The second kappa shape index (κ2) is 4.44. The molecule has 0 radical (unpaired) electrons. The zero-order valence-electron chi connectivity index (χ0n) is 10.5. The van der Waals surface area contributed by atoms with Gasteiger partial charge in [-0.25, -0.2) is 0 Å². The lowest BCUT2D eigenvalue weighted by Gasteiger charge is -2.30. The van der Waals surface area contributed by atoms with Crippen molar-refractivity contribution in [2.45, 2.75) is 19.3 Å². The zero-order chi connectivity index (χ0) is 12.5. The molecule has 1 saturated carbocycles. The summed E-state index contributed by atoms with van der Waals surface area (Å²) in [4.78, 5) is 14.1. The van der Waals surface area contributed by atoms with Crippen LogP contribution in [0.3, 0.4) is 0 Å². The number of aromatic nitrogens is 2. The summed E-state index contributed by atoms with van der Waals surface area (Å²) in [7, 11) is 1.89. The maximum Gasteiger partial charge on any atom is 0.253 e. The van der Waals surface area contributed by atoms with Crippen molar-refractivity contribution in [2.75, 3.05) is 13.6 Å². The van der Waals surface area contributed by atoms with E-state index in [4.69, 9.17) is 0 Å². The van der Waals surface area contributed by atoms with Crippen molar-refractivity contribution in [3.63, 3.8) is 0 Å². The molecule has 1 aromatic carbocycles. The van der Waals surface area contributed by atoms with Gasteiger partial charge in [0.05, 0.1) is 11.7 Å². The van der Waals surface area contributed by atoms with Gasteiger partial charge < -0.3 is 4.90 Å². The predicted molar refractivity (Wildman–Crippen MR) is 70.4 cm³/mol. The number of hydrogen-bond acceptors (Lipinski definition) is 2. The first kappa shape index (κ1) is 11.3. The van der Waals surface area contributed by atoms with Gasteiger partial charge in [-0.1, -0.05) is 12.5 Å². The lowest BCUT2D eigenvalue weighted by atomic mass is 9.85. The average molecular weight is 243 g/mol. The van der Waals surface area contributed by atoms with Crippen LogP contribution in [0.25, 0.3) is 10.9 Å². The van der Waals surface area contributed by atoms with Crippen molar-refractivity contribution in [1.29, 1.82) is 0 Å². The molecule has 1 aliphatic rings. The lowest BCUT2D eigenvalue weighted by molar-refractivity contribution is 0.0745. The molecule has 18 heavy (non-hydrogen) atoms. The third-order valence-electron chi connectivity index (χ3n) is 3.79. The quantitative estimate of drug-likeness (QED) is 0.900. The number of benzene rings is 1. The Morgan fingerprint density at radius 1 is 1.50 bits per heavy atom. The van der Waals surface area contributed by atoms with Crippen LogP contribution in [0.5, 0.6) is 0 Å². The fraction of sp³-hybridized carbons (Fsp3) is 0.429. The minimum Gasteiger partial charge on any atom is -0.341 e. The maximum atomic E-state index is 12.3. The highest BCUT2D eigenvalue weighted by molar-refractivity contribution is 5.97. The predicted octanol–water partition coefficient (Wildman–Crippen LogP) is 2.43. The Hall–Kier alpha value is -1.84. The first-order valence-electron chi connectivity index (χ1n) is 6.42. The van der Waals surface area contributed by atoms with Gasteiger partial charge in [-0.2, -0.15) is 5.10 Å². The molecular weight excluding hydrogens is 226 g/mol. The Kier molecular flexibility index (Phi) is 2.78. The molecular formula is C14H17N3O. The van der Waals surface area contributed by atoms with Gasteiger partial charge in [0.1, 0.15) is 0 Å². The van der Waals surface area contributed by atoms with E-state index in [1.54, 1.807) is 6.20 Å². The third-order valence-corrected chi connectivity index (χ3v) is 3.79. The van der Waals surface area contributed by atoms with Crippen molar-refractivity contribution in [1.82, 2.24) is 15.1 Å². The van der Waals surface area contributed by atoms with Crippen LogP contribution >= 0.6 is 0 Å². The Balaban J connectivity index is 1.77. The molecule has 0 saturated heterocycles. The highest BCUT2D eigenvalue weighted by Gasteiger charge is 2.22. The van der Waals surface area contributed by atoms with E-state index in [-0.39, 0.29) is 5.91 Å². The highest BCUT2D eigenvalue weighted by Crippen LogP contribution is 2.27. The molecule has 1 aliphatic carbocycles. The number of aromatic amines is 1. The molecule has 1 aromatic heterocycles. The van der Waals surface area contributed by atoms with E-state index >= 15 is 0 Å². The second-order valence-corrected chi connectivity index (χ2v) is 5.15. The van der Waals surface area contributed by atoms with Gasteiger partial charge in [0.15, 0.2) is 0 Å². The van der Waals surface area contributed by atoms with Crippen LogP contribution in [0.1, 0.15) is 29.6 Å². The van der Waals surface area contributed by atoms with Crippen molar-refractivity contribution in [2.24, 2.45) is 5.92 Å². The monoisotopic (exact) mass is 243 g/mol. The van der Waals surface area contributed by atoms with Crippen LogP contribution in [0.15, 0.2) is 24.4 Å². The molecule has 0 aliphatic heterocycles. The first-order chi connectivity index (χ1) is 8.74. The molecule has 4 heteroatoms. The Bertz CT molecular complexity index is 571. The number of fused-ring (bicyclic) bond motifs is 1. The largest absolute Gasteiger partial charge is 0.341 e. The second-order valence-electron chi connectivity index (χ2n) is 5.15. The van der Waals surface area contributed by atoms with E-state index in [2.05, 4.69) is 10.2 Å². The van der Waals surface area contributed by atoms with Crippen LogP contribution in [-0.4, -0.2) is 34.6 Å². The summed E-state index contributed by atoms with van der Waals surface area (Å²) in [5.74, 6) is 0.799. The van der Waals surface area contributed by atoms with Crippen molar-refractivity contribution >= 4 is 16.8 Å². The number of amides is 1. The summed E-state index contributed by atoms with van der Waals surface area (Å²) >= 11 is 0. The Morgan fingerprint density at radius 2 is 2.33 bits per heavy atom. The van der Waals surface area contributed by atoms with Gasteiger partial charge in [-0.05, 0) is 30.9 Å². The minimum absolute atomic E-state index is 0.0957. The summed E-state index contributed by atoms with van der Waals surface area (Å²) in [5.41, 5.74) is 1.64. The number of carbonyl (C=O) groups is 1. The lowest BCUT2D eigenvalue weighted by Crippen LogP contribution is -2.34. The molecule has 3 rings (SSSR count). The van der Waals surface area contributed by atoms with Gasteiger partial charge >= 0.3 is 0 Å². The average Bonchev–Trinajstić information content (AvgIpc) is 2.79. The Morgan fingerprint density at radius 3 is 3.06 bits per heavy atom. The molecule has 1 heterocycles. The van der Waals surface area contributed by atoms with Crippen LogP contribution in [-0.2, 0) is 0 Å². The van der Waals surface area contributed by atoms with Gasteiger partial charge in [0.25, 0.3) is 5.91 Å².